The van der Waals surface area contributed by atoms with Crippen molar-refractivity contribution in [2.24, 2.45) is 5.92 Å². The predicted molar refractivity (Wildman–Crippen MR) is 84.7 cm³/mol. The lowest BCUT2D eigenvalue weighted by molar-refractivity contribution is 0.536. The summed E-state index contributed by atoms with van der Waals surface area (Å²) in [5.74, 6) is 1.67. The Labute approximate surface area is 120 Å². The maximum atomic E-state index is 4.86. The molecule has 2 heteroatoms. The van der Waals surface area contributed by atoms with Crippen molar-refractivity contribution in [3.8, 4) is 11.4 Å². The lowest BCUT2D eigenvalue weighted by atomic mass is 10.1. The Kier molecular flexibility index (Phi) is 3.31. The standard InChI is InChI=1S/C18H20N2/c1-13(2)12-20-17-11-7-6-10-16(17)19-18(20)15-9-5-4-8-14(15)3/h4-11,13H,12H2,1-3H3. The first-order chi connectivity index (χ1) is 9.66. The van der Waals surface area contributed by atoms with Crippen molar-refractivity contribution in [1.29, 1.82) is 0 Å². The highest BCUT2D eigenvalue weighted by Crippen LogP contribution is 2.27. The topological polar surface area (TPSA) is 17.8 Å². The van der Waals surface area contributed by atoms with Crippen LogP contribution in [0.4, 0.5) is 0 Å². The van der Waals surface area contributed by atoms with Gasteiger partial charge in [-0.2, -0.15) is 0 Å². The lowest BCUT2D eigenvalue weighted by Crippen LogP contribution is -2.06. The van der Waals surface area contributed by atoms with Crippen LogP contribution in [0.25, 0.3) is 22.4 Å². The number of fused-ring (bicyclic) bond motifs is 1. The van der Waals surface area contributed by atoms with Gasteiger partial charge >= 0.3 is 0 Å². The maximum absolute atomic E-state index is 4.86. The predicted octanol–water partition coefficient (Wildman–Crippen LogP) is 4.67. The Morgan fingerprint density at radius 1 is 1.00 bits per heavy atom. The molecular weight excluding hydrogens is 244 g/mol. The van der Waals surface area contributed by atoms with Crippen LogP contribution in [0.5, 0.6) is 0 Å². The number of hydrogen-bond donors (Lipinski definition) is 0. The summed E-state index contributed by atoms with van der Waals surface area (Å²) < 4.78 is 2.35. The smallest absolute Gasteiger partial charge is 0.141 e. The van der Waals surface area contributed by atoms with Crippen LogP contribution in [0, 0.1) is 12.8 Å². The first-order valence-corrected chi connectivity index (χ1v) is 7.18. The molecule has 0 aliphatic heterocycles. The molecule has 0 saturated heterocycles. The summed E-state index contributed by atoms with van der Waals surface area (Å²) in [5.41, 5.74) is 4.79. The molecule has 0 spiro atoms. The van der Waals surface area contributed by atoms with Gasteiger partial charge in [-0.15, -0.1) is 0 Å². The molecule has 0 unspecified atom stereocenters. The van der Waals surface area contributed by atoms with Gasteiger partial charge in [0.05, 0.1) is 11.0 Å². The quantitative estimate of drug-likeness (QED) is 0.672. The van der Waals surface area contributed by atoms with Gasteiger partial charge in [-0.3, -0.25) is 0 Å². The molecule has 3 aromatic rings. The average Bonchev–Trinajstić information content (AvgIpc) is 2.78. The van der Waals surface area contributed by atoms with Gasteiger partial charge in [0, 0.05) is 12.1 Å². The van der Waals surface area contributed by atoms with E-state index in [-0.39, 0.29) is 0 Å². The van der Waals surface area contributed by atoms with E-state index < -0.39 is 0 Å². The molecule has 2 nitrogen and oxygen atoms in total. The molecule has 0 radical (unpaired) electrons. The van der Waals surface area contributed by atoms with Gasteiger partial charge in [-0.25, -0.2) is 4.98 Å². The monoisotopic (exact) mass is 264 g/mol. The molecule has 0 aliphatic carbocycles. The summed E-state index contributed by atoms with van der Waals surface area (Å²) in [4.78, 5) is 4.86. The Hall–Kier alpha value is -2.09. The lowest BCUT2D eigenvalue weighted by Gasteiger charge is -2.13. The molecular formula is C18H20N2. The number of nitrogens with zero attached hydrogens (tertiary/aromatic N) is 2. The normalized spacial score (nSPS) is 11.4. The molecule has 1 aromatic heterocycles. The van der Waals surface area contributed by atoms with Gasteiger partial charge < -0.3 is 4.57 Å². The highest BCUT2D eigenvalue weighted by molar-refractivity contribution is 5.81. The van der Waals surface area contributed by atoms with E-state index in [4.69, 9.17) is 4.98 Å². The van der Waals surface area contributed by atoms with Gasteiger partial charge in [0.1, 0.15) is 5.82 Å². The van der Waals surface area contributed by atoms with Gasteiger partial charge in [-0.1, -0.05) is 50.2 Å². The van der Waals surface area contributed by atoms with Crippen molar-refractivity contribution in [2.75, 3.05) is 0 Å². The van der Waals surface area contributed by atoms with Crippen molar-refractivity contribution in [2.45, 2.75) is 27.3 Å². The number of benzene rings is 2. The summed E-state index contributed by atoms with van der Waals surface area (Å²) in [6, 6.07) is 16.9. The number of aryl methyl sites for hydroxylation is 1. The molecule has 1 heterocycles. The molecule has 0 aliphatic rings. The van der Waals surface area contributed by atoms with Crippen LogP contribution in [0.2, 0.25) is 0 Å². The van der Waals surface area contributed by atoms with Crippen molar-refractivity contribution in [3.63, 3.8) is 0 Å². The number of hydrogen-bond acceptors (Lipinski definition) is 1. The SMILES string of the molecule is Cc1ccccc1-c1nc2ccccc2n1CC(C)C. The molecule has 0 fully saturated rings. The third-order valence-corrected chi connectivity index (χ3v) is 3.59. The first-order valence-electron chi connectivity index (χ1n) is 7.18. The van der Waals surface area contributed by atoms with Crippen LogP contribution in [0.1, 0.15) is 19.4 Å². The van der Waals surface area contributed by atoms with Crippen LogP contribution >= 0.6 is 0 Å². The van der Waals surface area contributed by atoms with Crippen molar-refractivity contribution in [1.82, 2.24) is 9.55 Å². The fourth-order valence-corrected chi connectivity index (χ4v) is 2.65. The minimum atomic E-state index is 0.593. The Balaban J connectivity index is 2.26. The van der Waals surface area contributed by atoms with E-state index >= 15 is 0 Å². The van der Waals surface area contributed by atoms with Gasteiger partial charge in [-0.05, 0) is 30.5 Å². The summed E-state index contributed by atoms with van der Waals surface area (Å²) >= 11 is 0. The molecule has 3 rings (SSSR count). The summed E-state index contributed by atoms with van der Waals surface area (Å²) in [5, 5.41) is 0. The van der Waals surface area contributed by atoms with E-state index in [1.54, 1.807) is 0 Å². The van der Waals surface area contributed by atoms with Gasteiger partial charge in [0.25, 0.3) is 0 Å². The first kappa shape index (κ1) is 12.9. The fraction of sp³-hybridized carbons (Fsp3) is 0.278. The molecule has 0 saturated carbocycles. The second-order valence-corrected chi connectivity index (χ2v) is 5.74. The number of aromatic nitrogens is 2. The summed E-state index contributed by atoms with van der Waals surface area (Å²) in [6.45, 7) is 7.63. The Bertz CT molecular complexity index is 738. The molecule has 102 valence electrons. The minimum Gasteiger partial charge on any atom is -0.324 e. The molecule has 0 N–H and O–H groups in total. The second kappa shape index (κ2) is 5.12. The number of para-hydroxylation sites is 2. The van der Waals surface area contributed by atoms with Crippen LogP contribution in [-0.2, 0) is 6.54 Å². The molecule has 20 heavy (non-hydrogen) atoms. The number of rotatable bonds is 3. The van der Waals surface area contributed by atoms with E-state index in [0.717, 1.165) is 17.9 Å². The van der Waals surface area contributed by atoms with Gasteiger partial charge in [0.2, 0.25) is 0 Å². The van der Waals surface area contributed by atoms with E-state index in [1.807, 2.05) is 0 Å². The third kappa shape index (κ3) is 2.22. The number of imidazole rings is 1. The largest absolute Gasteiger partial charge is 0.324 e. The average molecular weight is 264 g/mol. The van der Waals surface area contributed by atoms with Gasteiger partial charge in [0.15, 0.2) is 0 Å². The zero-order valence-electron chi connectivity index (χ0n) is 12.3. The van der Waals surface area contributed by atoms with E-state index in [2.05, 4.69) is 73.9 Å². The summed E-state index contributed by atoms with van der Waals surface area (Å²) in [7, 11) is 0. The zero-order valence-corrected chi connectivity index (χ0v) is 12.3. The van der Waals surface area contributed by atoms with Crippen molar-refractivity contribution >= 4 is 11.0 Å². The second-order valence-electron chi connectivity index (χ2n) is 5.74. The molecule has 0 amide bonds. The van der Waals surface area contributed by atoms with Crippen LogP contribution in [0.15, 0.2) is 48.5 Å². The molecule has 0 atom stereocenters. The third-order valence-electron chi connectivity index (χ3n) is 3.59. The molecule has 0 bridgehead atoms. The fourth-order valence-electron chi connectivity index (χ4n) is 2.65. The summed E-state index contributed by atoms with van der Waals surface area (Å²) in [6.07, 6.45) is 0. The zero-order chi connectivity index (χ0) is 14.1. The van der Waals surface area contributed by atoms with Crippen LogP contribution in [-0.4, -0.2) is 9.55 Å². The van der Waals surface area contributed by atoms with Crippen molar-refractivity contribution < 1.29 is 0 Å². The Morgan fingerprint density at radius 3 is 2.45 bits per heavy atom. The van der Waals surface area contributed by atoms with E-state index in [0.29, 0.717) is 5.92 Å². The van der Waals surface area contributed by atoms with E-state index in [9.17, 15) is 0 Å². The van der Waals surface area contributed by atoms with Crippen LogP contribution < -0.4 is 0 Å². The maximum Gasteiger partial charge on any atom is 0.141 e. The molecule has 2 aromatic carbocycles. The van der Waals surface area contributed by atoms with Crippen LogP contribution in [0.3, 0.4) is 0 Å². The highest BCUT2D eigenvalue weighted by Gasteiger charge is 2.14. The highest BCUT2D eigenvalue weighted by atomic mass is 15.1. The minimum absolute atomic E-state index is 0.593. The Morgan fingerprint density at radius 2 is 1.70 bits per heavy atom. The van der Waals surface area contributed by atoms with Crippen molar-refractivity contribution in [3.05, 3.63) is 54.1 Å². The van der Waals surface area contributed by atoms with E-state index in [1.165, 1.54) is 16.6 Å².